The first-order chi connectivity index (χ1) is 10.8. The van der Waals surface area contributed by atoms with Gasteiger partial charge in [0.15, 0.2) is 0 Å². The minimum absolute atomic E-state index is 0.256. The van der Waals surface area contributed by atoms with Crippen LogP contribution in [0.15, 0.2) is 18.2 Å². The fraction of sp³-hybridized carbons (Fsp3) is 0.467. The summed E-state index contributed by atoms with van der Waals surface area (Å²) in [4.78, 5) is 22.9. The molecular formula is C15H18F3NO5. The molecule has 0 saturated heterocycles. The molecule has 0 aliphatic carbocycles. The van der Waals surface area contributed by atoms with Gasteiger partial charge in [0.05, 0.1) is 5.56 Å². The van der Waals surface area contributed by atoms with E-state index in [9.17, 15) is 27.9 Å². The summed E-state index contributed by atoms with van der Waals surface area (Å²) in [7, 11) is 0. The number of phenols is 1. The van der Waals surface area contributed by atoms with Gasteiger partial charge in [-0.3, -0.25) is 0 Å². The molecular weight excluding hydrogens is 331 g/mol. The van der Waals surface area contributed by atoms with Crippen LogP contribution >= 0.6 is 0 Å². The average molecular weight is 349 g/mol. The van der Waals surface area contributed by atoms with Crippen LogP contribution in [0.3, 0.4) is 0 Å². The van der Waals surface area contributed by atoms with E-state index >= 15 is 0 Å². The van der Waals surface area contributed by atoms with Gasteiger partial charge < -0.3 is 20.3 Å². The normalized spacial score (nSPS) is 13.2. The average Bonchev–Trinajstić information content (AvgIpc) is 2.36. The molecule has 134 valence electrons. The molecule has 1 atom stereocenters. The molecule has 3 N–H and O–H groups in total. The molecule has 1 rings (SSSR count). The molecule has 1 aromatic rings. The third-order valence-electron chi connectivity index (χ3n) is 2.82. The minimum Gasteiger partial charge on any atom is -0.508 e. The molecule has 24 heavy (non-hydrogen) atoms. The van der Waals surface area contributed by atoms with Crippen molar-refractivity contribution in [2.45, 2.75) is 45.0 Å². The van der Waals surface area contributed by atoms with E-state index in [1.54, 1.807) is 20.8 Å². The Labute approximate surface area is 136 Å². The molecule has 0 fully saturated rings. The standard InChI is InChI=1S/C15H18F3NO5/c1-14(2,3)24-13(23)19-10(12(21)22)7-8-6-9(15(16,17)18)4-5-11(8)20/h4-6,10,20H,7H2,1-3H3,(H,19,23)(H,21,22)/t10-/m0/s1. The van der Waals surface area contributed by atoms with Crippen LogP contribution in [0.4, 0.5) is 18.0 Å². The Morgan fingerprint density at radius 1 is 1.25 bits per heavy atom. The molecule has 0 aliphatic rings. The highest BCUT2D eigenvalue weighted by Crippen LogP contribution is 2.32. The number of hydrogen-bond donors (Lipinski definition) is 3. The van der Waals surface area contributed by atoms with E-state index in [0.29, 0.717) is 12.1 Å². The second kappa shape index (κ2) is 6.98. The molecule has 0 unspecified atom stereocenters. The zero-order valence-corrected chi connectivity index (χ0v) is 13.3. The van der Waals surface area contributed by atoms with E-state index in [1.165, 1.54) is 0 Å². The highest BCUT2D eigenvalue weighted by molar-refractivity contribution is 5.80. The van der Waals surface area contributed by atoms with E-state index in [2.05, 4.69) is 5.32 Å². The lowest BCUT2D eigenvalue weighted by atomic mass is 10.0. The highest BCUT2D eigenvalue weighted by atomic mass is 19.4. The van der Waals surface area contributed by atoms with Crippen molar-refractivity contribution in [2.24, 2.45) is 0 Å². The lowest BCUT2D eigenvalue weighted by Gasteiger charge is -2.22. The number of alkyl halides is 3. The Hall–Kier alpha value is -2.45. The van der Waals surface area contributed by atoms with Gasteiger partial charge in [0.2, 0.25) is 0 Å². The van der Waals surface area contributed by atoms with Crippen molar-refractivity contribution >= 4 is 12.1 Å². The van der Waals surface area contributed by atoms with Crippen molar-refractivity contribution in [3.63, 3.8) is 0 Å². The molecule has 0 heterocycles. The van der Waals surface area contributed by atoms with Crippen molar-refractivity contribution in [1.82, 2.24) is 5.32 Å². The summed E-state index contributed by atoms with van der Waals surface area (Å²) >= 11 is 0. The van der Waals surface area contributed by atoms with E-state index in [4.69, 9.17) is 9.84 Å². The number of halogens is 3. The van der Waals surface area contributed by atoms with E-state index < -0.39 is 47.6 Å². The fourth-order valence-corrected chi connectivity index (χ4v) is 1.80. The Bertz CT molecular complexity index is 623. The molecule has 9 heteroatoms. The predicted octanol–water partition coefficient (Wildman–Crippen LogP) is 2.93. The van der Waals surface area contributed by atoms with Crippen LogP contribution in [0.5, 0.6) is 5.75 Å². The van der Waals surface area contributed by atoms with Gasteiger partial charge in [0.25, 0.3) is 0 Å². The van der Waals surface area contributed by atoms with Gasteiger partial charge in [-0.25, -0.2) is 9.59 Å². The van der Waals surface area contributed by atoms with Crippen LogP contribution in [0, 0.1) is 0 Å². The maximum atomic E-state index is 12.7. The van der Waals surface area contributed by atoms with Crippen LogP contribution in [0.2, 0.25) is 0 Å². The number of benzene rings is 1. The number of rotatable bonds is 4. The van der Waals surface area contributed by atoms with Gasteiger partial charge in [-0.05, 0) is 44.5 Å². The topological polar surface area (TPSA) is 95.9 Å². The van der Waals surface area contributed by atoms with Crippen LogP contribution in [0.1, 0.15) is 31.9 Å². The first-order valence-corrected chi connectivity index (χ1v) is 6.91. The summed E-state index contributed by atoms with van der Waals surface area (Å²) in [6, 6.07) is 0.580. The number of carboxylic acids is 1. The smallest absolute Gasteiger partial charge is 0.416 e. The van der Waals surface area contributed by atoms with Gasteiger partial charge in [0, 0.05) is 6.42 Å². The van der Waals surface area contributed by atoms with Gasteiger partial charge in [-0.1, -0.05) is 0 Å². The summed E-state index contributed by atoms with van der Waals surface area (Å²) in [6.07, 6.45) is -6.20. The monoisotopic (exact) mass is 349 g/mol. The first kappa shape index (κ1) is 19.6. The number of alkyl carbamates (subject to hydrolysis) is 1. The number of aliphatic carboxylic acids is 1. The Morgan fingerprint density at radius 3 is 2.29 bits per heavy atom. The van der Waals surface area contributed by atoms with Crippen molar-refractivity contribution in [3.05, 3.63) is 29.3 Å². The largest absolute Gasteiger partial charge is 0.508 e. The maximum Gasteiger partial charge on any atom is 0.416 e. The zero-order chi connectivity index (χ0) is 18.7. The second-order valence-electron chi connectivity index (χ2n) is 6.08. The van der Waals surface area contributed by atoms with Crippen LogP contribution < -0.4 is 5.32 Å². The predicted molar refractivity (Wildman–Crippen MR) is 77.6 cm³/mol. The van der Waals surface area contributed by atoms with Gasteiger partial charge in [0.1, 0.15) is 17.4 Å². The molecule has 1 aromatic carbocycles. The van der Waals surface area contributed by atoms with Crippen LogP contribution in [-0.4, -0.2) is 33.9 Å². The van der Waals surface area contributed by atoms with Crippen LogP contribution in [-0.2, 0) is 22.1 Å². The van der Waals surface area contributed by atoms with Gasteiger partial charge in [-0.2, -0.15) is 13.2 Å². The third-order valence-corrected chi connectivity index (χ3v) is 2.82. The van der Waals surface area contributed by atoms with Crippen molar-refractivity contribution in [1.29, 1.82) is 0 Å². The SMILES string of the molecule is CC(C)(C)OC(=O)N[C@@H](Cc1cc(C(F)(F)F)ccc1O)C(=O)O. The first-order valence-electron chi connectivity index (χ1n) is 6.91. The molecule has 0 aromatic heterocycles. The lowest BCUT2D eigenvalue weighted by molar-refractivity contribution is -0.139. The third kappa shape index (κ3) is 5.98. The van der Waals surface area contributed by atoms with Crippen molar-refractivity contribution < 1.29 is 37.7 Å². The summed E-state index contributed by atoms with van der Waals surface area (Å²) in [5.74, 6) is -1.97. The number of carbonyl (C=O) groups excluding carboxylic acids is 1. The molecule has 0 bridgehead atoms. The number of carboxylic acid groups (broad SMARTS) is 1. The van der Waals surface area contributed by atoms with Gasteiger partial charge in [-0.15, -0.1) is 0 Å². The quantitative estimate of drug-likeness (QED) is 0.777. The maximum absolute atomic E-state index is 12.7. The minimum atomic E-state index is -4.64. The molecule has 0 radical (unpaired) electrons. The van der Waals surface area contributed by atoms with Crippen LogP contribution in [0.25, 0.3) is 0 Å². The summed E-state index contributed by atoms with van der Waals surface area (Å²) in [5, 5.41) is 20.8. The number of amides is 1. The number of carbonyl (C=O) groups is 2. The highest BCUT2D eigenvalue weighted by Gasteiger charge is 2.32. The van der Waals surface area contributed by atoms with Crippen molar-refractivity contribution in [2.75, 3.05) is 0 Å². The van der Waals surface area contributed by atoms with E-state index in [1.807, 2.05) is 0 Å². The molecule has 0 aliphatic heterocycles. The lowest BCUT2D eigenvalue weighted by Crippen LogP contribution is -2.44. The Kier molecular flexibility index (Phi) is 5.70. The number of nitrogens with one attached hydrogen (secondary N) is 1. The number of aromatic hydroxyl groups is 1. The summed E-state index contributed by atoms with van der Waals surface area (Å²) < 4.78 is 43.0. The van der Waals surface area contributed by atoms with Gasteiger partial charge >= 0.3 is 18.2 Å². The number of ether oxygens (including phenoxy) is 1. The second-order valence-corrected chi connectivity index (χ2v) is 6.08. The van der Waals surface area contributed by atoms with E-state index in [-0.39, 0.29) is 5.56 Å². The fourth-order valence-electron chi connectivity index (χ4n) is 1.80. The summed E-state index contributed by atoms with van der Waals surface area (Å²) in [6.45, 7) is 4.71. The zero-order valence-electron chi connectivity index (χ0n) is 13.3. The molecule has 0 spiro atoms. The Morgan fingerprint density at radius 2 is 1.83 bits per heavy atom. The summed E-state index contributed by atoms with van der Waals surface area (Å²) in [5.41, 5.74) is -2.16. The molecule has 0 saturated carbocycles. The van der Waals surface area contributed by atoms with Crippen molar-refractivity contribution in [3.8, 4) is 5.75 Å². The number of phenolic OH excluding ortho intramolecular Hbond substituents is 1. The Balaban J connectivity index is 2.97. The number of hydrogen-bond acceptors (Lipinski definition) is 4. The van der Waals surface area contributed by atoms with E-state index in [0.717, 1.165) is 6.07 Å². The molecule has 6 nitrogen and oxygen atoms in total. The molecule has 1 amide bonds.